The van der Waals surface area contributed by atoms with E-state index in [1.165, 1.54) is 0 Å². The number of rotatable bonds is 2. The zero-order chi connectivity index (χ0) is 15.0. The molecule has 0 aliphatic rings. The van der Waals surface area contributed by atoms with E-state index < -0.39 is 0 Å². The number of hydrogen-bond donors (Lipinski definition) is 0. The molecule has 0 N–H and O–H groups in total. The zero-order valence-corrected chi connectivity index (χ0v) is 12.3. The minimum absolute atomic E-state index is 0.353. The van der Waals surface area contributed by atoms with Gasteiger partial charge in [0.2, 0.25) is 0 Å². The predicted molar refractivity (Wildman–Crippen MR) is 83.9 cm³/mol. The molecule has 3 heteroatoms. The molecule has 3 nitrogen and oxygen atoms in total. The fourth-order valence-corrected chi connectivity index (χ4v) is 2.72. The molecule has 0 fully saturated rings. The van der Waals surface area contributed by atoms with Crippen LogP contribution in [0.15, 0.2) is 51.7 Å². The van der Waals surface area contributed by atoms with Gasteiger partial charge < -0.3 is 9.15 Å². The highest BCUT2D eigenvalue weighted by molar-refractivity contribution is 5.95. The Kier molecular flexibility index (Phi) is 3.26. The monoisotopic (exact) mass is 280 g/mol. The zero-order valence-electron chi connectivity index (χ0n) is 12.3. The molecule has 1 heterocycles. The lowest BCUT2D eigenvalue weighted by atomic mass is 9.94. The van der Waals surface area contributed by atoms with Crippen molar-refractivity contribution in [3.05, 3.63) is 64.0 Å². The van der Waals surface area contributed by atoms with Gasteiger partial charge in [0.1, 0.15) is 11.3 Å². The Morgan fingerprint density at radius 1 is 1.00 bits per heavy atom. The maximum atomic E-state index is 11.9. The second-order valence-electron chi connectivity index (χ2n) is 5.11. The van der Waals surface area contributed by atoms with Crippen molar-refractivity contribution < 1.29 is 9.15 Å². The Morgan fingerprint density at radius 3 is 2.38 bits per heavy atom. The molecule has 3 aromatic rings. The van der Waals surface area contributed by atoms with Gasteiger partial charge in [-0.1, -0.05) is 18.2 Å². The van der Waals surface area contributed by atoms with Crippen molar-refractivity contribution in [2.45, 2.75) is 13.8 Å². The first-order chi connectivity index (χ1) is 10.1. The first-order valence-corrected chi connectivity index (χ1v) is 6.78. The fraction of sp³-hybridized carbons (Fsp3) is 0.167. The van der Waals surface area contributed by atoms with Crippen molar-refractivity contribution in [1.29, 1.82) is 0 Å². The average molecular weight is 280 g/mol. The Bertz CT molecular complexity index is 855. The van der Waals surface area contributed by atoms with Gasteiger partial charge in [-0.15, -0.1) is 0 Å². The van der Waals surface area contributed by atoms with Crippen LogP contribution in [0.25, 0.3) is 22.1 Å². The molecule has 0 unspecified atom stereocenters. The molecule has 106 valence electrons. The Morgan fingerprint density at radius 2 is 1.71 bits per heavy atom. The molecule has 1 aromatic heterocycles. The van der Waals surface area contributed by atoms with Crippen LogP contribution >= 0.6 is 0 Å². The number of hydrogen-bond acceptors (Lipinski definition) is 3. The van der Waals surface area contributed by atoms with Gasteiger partial charge in [0.05, 0.1) is 7.11 Å². The lowest BCUT2D eigenvalue weighted by molar-refractivity contribution is 0.414. The molecule has 3 rings (SSSR count). The molecule has 0 bridgehead atoms. The summed E-state index contributed by atoms with van der Waals surface area (Å²) in [6.45, 7) is 4.10. The second-order valence-corrected chi connectivity index (χ2v) is 5.11. The molecule has 0 saturated carbocycles. The quantitative estimate of drug-likeness (QED) is 0.664. The summed E-state index contributed by atoms with van der Waals surface area (Å²) in [6.07, 6.45) is 0. The van der Waals surface area contributed by atoms with E-state index >= 15 is 0 Å². The number of methoxy groups -OCH3 is 1. The maximum absolute atomic E-state index is 11.9. The van der Waals surface area contributed by atoms with Gasteiger partial charge in [-0.3, -0.25) is 0 Å². The Hall–Kier alpha value is -2.55. The normalized spacial score (nSPS) is 10.8. The van der Waals surface area contributed by atoms with E-state index in [0.717, 1.165) is 27.6 Å². The van der Waals surface area contributed by atoms with Crippen LogP contribution in [0.3, 0.4) is 0 Å². The van der Waals surface area contributed by atoms with Crippen LogP contribution in [-0.4, -0.2) is 7.11 Å². The van der Waals surface area contributed by atoms with E-state index in [4.69, 9.17) is 9.15 Å². The summed E-state index contributed by atoms with van der Waals surface area (Å²) in [6, 6.07) is 13.2. The summed E-state index contributed by atoms with van der Waals surface area (Å²) in [7, 11) is 1.59. The number of benzene rings is 2. The highest BCUT2D eigenvalue weighted by Gasteiger charge is 2.12. The molecule has 0 aliphatic carbocycles. The van der Waals surface area contributed by atoms with Gasteiger partial charge in [0.15, 0.2) is 0 Å². The van der Waals surface area contributed by atoms with E-state index in [1.807, 2.05) is 44.2 Å². The summed E-state index contributed by atoms with van der Waals surface area (Å²) >= 11 is 0. The first kappa shape index (κ1) is 13.4. The molecule has 0 saturated heterocycles. The Labute approximate surface area is 122 Å². The smallest absolute Gasteiger partial charge is 0.336 e. The fourth-order valence-electron chi connectivity index (χ4n) is 2.72. The first-order valence-electron chi connectivity index (χ1n) is 6.78. The van der Waals surface area contributed by atoms with E-state index in [1.54, 1.807) is 19.2 Å². The molecule has 0 radical (unpaired) electrons. The lowest BCUT2D eigenvalue weighted by Gasteiger charge is -2.12. The summed E-state index contributed by atoms with van der Waals surface area (Å²) in [5.74, 6) is 0.671. The number of fused-ring (bicyclic) bond motifs is 1. The highest BCUT2D eigenvalue weighted by Crippen LogP contribution is 2.33. The maximum Gasteiger partial charge on any atom is 0.336 e. The summed E-state index contributed by atoms with van der Waals surface area (Å²) < 4.78 is 10.5. The standard InChI is InChI=1S/C18H16O3/c1-11-5-4-6-12(2)18(11)15-10-17(19)21-16-9-13(20-3)7-8-14(15)16/h4-10H,1-3H3. The van der Waals surface area contributed by atoms with Crippen LogP contribution in [0.4, 0.5) is 0 Å². The molecule has 0 spiro atoms. The molecule has 0 aliphatic heterocycles. The number of ether oxygens (including phenoxy) is 1. The lowest BCUT2D eigenvalue weighted by Crippen LogP contribution is -2.00. The van der Waals surface area contributed by atoms with Crippen LogP contribution in [0.5, 0.6) is 5.75 Å². The summed E-state index contributed by atoms with van der Waals surface area (Å²) in [5.41, 5.74) is 4.45. The SMILES string of the molecule is COc1ccc2c(-c3c(C)cccc3C)cc(=O)oc2c1. The Balaban J connectivity index is 2.40. The predicted octanol–water partition coefficient (Wildman–Crippen LogP) is 4.09. The van der Waals surface area contributed by atoms with Crippen LogP contribution in [-0.2, 0) is 0 Å². The second kappa shape index (κ2) is 5.09. The minimum Gasteiger partial charge on any atom is -0.497 e. The van der Waals surface area contributed by atoms with Gasteiger partial charge >= 0.3 is 5.63 Å². The highest BCUT2D eigenvalue weighted by atomic mass is 16.5. The third-order valence-electron chi connectivity index (χ3n) is 3.70. The van der Waals surface area contributed by atoms with Crippen LogP contribution in [0.2, 0.25) is 0 Å². The van der Waals surface area contributed by atoms with E-state index in [9.17, 15) is 4.79 Å². The van der Waals surface area contributed by atoms with Crippen molar-refractivity contribution in [2.24, 2.45) is 0 Å². The van der Waals surface area contributed by atoms with Crippen molar-refractivity contribution >= 4 is 11.0 Å². The number of aryl methyl sites for hydroxylation is 2. The average Bonchev–Trinajstić information content (AvgIpc) is 2.46. The molecule has 0 atom stereocenters. The summed E-state index contributed by atoms with van der Waals surface area (Å²) in [4.78, 5) is 11.9. The van der Waals surface area contributed by atoms with Gasteiger partial charge in [0, 0.05) is 23.1 Å². The van der Waals surface area contributed by atoms with Crippen LogP contribution in [0.1, 0.15) is 11.1 Å². The summed E-state index contributed by atoms with van der Waals surface area (Å²) in [5, 5.41) is 0.910. The van der Waals surface area contributed by atoms with Gasteiger partial charge in [-0.25, -0.2) is 4.79 Å². The van der Waals surface area contributed by atoms with Gasteiger partial charge in [-0.05, 0) is 42.7 Å². The van der Waals surface area contributed by atoms with Crippen molar-refractivity contribution in [3.63, 3.8) is 0 Å². The molecule has 0 amide bonds. The van der Waals surface area contributed by atoms with Gasteiger partial charge in [0.25, 0.3) is 0 Å². The third-order valence-corrected chi connectivity index (χ3v) is 3.70. The largest absolute Gasteiger partial charge is 0.497 e. The topological polar surface area (TPSA) is 39.4 Å². The third kappa shape index (κ3) is 2.31. The van der Waals surface area contributed by atoms with Crippen LogP contribution < -0.4 is 10.4 Å². The minimum atomic E-state index is -0.353. The van der Waals surface area contributed by atoms with E-state index in [-0.39, 0.29) is 5.63 Å². The van der Waals surface area contributed by atoms with Gasteiger partial charge in [-0.2, -0.15) is 0 Å². The van der Waals surface area contributed by atoms with Crippen molar-refractivity contribution in [2.75, 3.05) is 7.11 Å². The van der Waals surface area contributed by atoms with E-state index in [0.29, 0.717) is 11.3 Å². The van der Waals surface area contributed by atoms with Crippen LogP contribution in [0, 0.1) is 13.8 Å². The van der Waals surface area contributed by atoms with E-state index in [2.05, 4.69) is 0 Å². The molecular weight excluding hydrogens is 264 g/mol. The molecule has 2 aromatic carbocycles. The molecular formula is C18H16O3. The molecule has 21 heavy (non-hydrogen) atoms. The van der Waals surface area contributed by atoms with Crippen molar-refractivity contribution in [1.82, 2.24) is 0 Å². The van der Waals surface area contributed by atoms with Crippen molar-refractivity contribution in [3.8, 4) is 16.9 Å².